The lowest BCUT2D eigenvalue weighted by Crippen LogP contribution is -2.10. The zero-order valence-electron chi connectivity index (χ0n) is 11.9. The van der Waals surface area contributed by atoms with Crippen LogP contribution in [-0.2, 0) is 16.6 Å². The summed E-state index contributed by atoms with van der Waals surface area (Å²) >= 11 is 0. The Morgan fingerprint density at radius 1 is 1.21 bits per heavy atom. The van der Waals surface area contributed by atoms with Crippen LogP contribution in [0.4, 0.5) is 0 Å². The standard InChI is InChI=1S/C16H20N2O/c1-11(19)9-15-17-10-14(18-15)12-5-7-13(8-6-12)16(2,3)4/h5-8,10H,9H2,1-4H3,(H,17,18). The van der Waals surface area contributed by atoms with Gasteiger partial charge in [0.25, 0.3) is 0 Å². The third kappa shape index (κ3) is 3.31. The van der Waals surface area contributed by atoms with Gasteiger partial charge in [0.15, 0.2) is 0 Å². The number of nitrogens with one attached hydrogen (secondary N) is 1. The molecule has 1 N–H and O–H groups in total. The quantitative estimate of drug-likeness (QED) is 0.913. The number of carbonyl (C=O) groups is 1. The Kier molecular flexibility index (Phi) is 3.56. The molecule has 3 nitrogen and oxygen atoms in total. The summed E-state index contributed by atoms with van der Waals surface area (Å²) in [7, 11) is 0. The number of benzene rings is 1. The maximum absolute atomic E-state index is 11.1. The highest BCUT2D eigenvalue weighted by atomic mass is 16.1. The van der Waals surface area contributed by atoms with Crippen LogP contribution < -0.4 is 0 Å². The fraction of sp³-hybridized carbons (Fsp3) is 0.375. The van der Waals surface area contributed by atoms with Gasteiger partial charge < -0.3 is 4.98 Å². The molecule has 2 rings (SSSR count). The van der Waals surface area contributed by atoms with Crippen molar-refractivity contribution in [2.75, 3.05) is 0 Å². The van der Waals surface area contributed by atoms with E-state index in [1.807, 2.05) is 0 Å². The summed E-state index contributed by atoms with van der Waals surface area (Å²) in [6.45, 7) is 8.16. The highest BCUT2D eigenvalue weighted by molar-refractivity contribution is 5.77. The van der Waals surface area contributed by atoms with Gasteiger partial charge >= 0.3 is 0 Å². The van der Waals surface area contributed by atoms with Gasteiger partial charge in [0.05, 0.1) is 18.3 Å². The summed E-state index contributed by atoms with van der Waals surface area (Å²) in [5.74, 6) is 0.839. The van der Waals surface area contributed by atoms with Gasteiger partial charge in [-0.25, -0.2) is 4.98 Å². The molecule has 3 heteroatoms. The number of hydrogen-bond acceptors (Lipinski definition) is 2. The van der Waals surface area contributed by atoms with Gasteiger partial charge in [-0.2, -0.15) is 0 Å². The van der Waals surface area contributed by atoms with E-state index >= 15 is 0 Å². The molecule has 0 aliphatic rings. The van der Waals surface area contributed by atoms with Crippen molar-refractivity contribution >= 4 is 5.78 Å². The van der Waals surface area contributed by atoms with Crippen LogP contribution in [-0.4, -0.2) is 15.8 Å². The Hall–Kier alpha value is -1.90. The lowest BCUT2D eigenvalue weighted by Gasteiger charge is -2.18. The number of aromatic nitrogens is 2. The van der Waals surface area contributed by atoms with Gasteiger partial charge in [-0.15, -0.1) is 0 Å². The molecular formula is C16H20N2O. The van der Waals surface area contributed by atoms with E-state index in [2.05, 4.69) is 55.0 Å². The molecule has 100 valence electrons. The number of nitrogens with zero attached hydrogens (tertiary/aromatic N) is 1. The average Bonchev–Trinajstić information content (AvgIpc) is 2.75. The van der Waals surface area contributed by atoms with E-state index in [-0.39, 0.29) is 11.2 Å². The Balaban J connectivity index is 2.23. The van der Waals surface area contributed by atoms with Crippen LogP contribution >= 0.6 is 0 Å². The summed E-state index contributed by atoms with van der Waals surface area (Å²) in [5.41, 5.74) is 3.51. The molecular weight excluding hydrogens is 236 g/mol. The van der Waals surface area contributed by atoms with Gasteiger partial charge in [0.2, 0.25) is 0 Å². The smallest absolute Gasteiger partial charge is 0.137 e. The van der Waals surface area contributed by atoms with Crippen LogP contribution in [0.15, 0.2) is 30.5 Å². The number of ketones is 1. The van der Waals surface area contributed by atoms with Gasteiger partial charge in [-0.1, -0.05) is 45.0 Å². The van der Waals surface area contributed by atoms with E-state index in [1.165, 1.54) is 5.56 Å². The number of imidazole rings is 1. The molecule has 0 atom stereocenters. The molecule has 0 amide bonds. The van der Waals surface area contributed by atoms with E-state index in [9.17, 15) is 4.79 Å². The summed E-state index contributed by atoms with van der Waals surface area (Å²) in [6, 6.07) is 8.46. The molecule has 0 bridgehead atoms. The fourth-order valence-electron chi connectivity index (χ4n) is 1.98. The predicted octanol–water partition coefficient (Wildman–Crippen LogP) is 3.51. The fourth-order valence-corrected chi connectivity index (χ4v) is 1.98. The lowest BCUT2D eigenvalue weighted by atomic mass is 9.86. The van der Waals surface area contributed by atoms with Gasteiger partial charge in [0, 0.05) is 0 Å². The van der Waals surface area contributed by atoms with Crippen LogP contribution in [0.5, 0.6) is 0 Å². The first kappa shape index (κ1) is 13.5. The maximum atomic E-state index is 11.1. The van der Waals surface area contributed by atoms with Gasteiger partial charge in [-0.3, -0.25) is 4.79 Å². The van der Waals surface area contributed by atoms with E-state index in [0.29, 0.717) is 6.42 Å². The Labute approximate surface area is 114 Å². The van der Waals surface area contributed by atoms with E-state index in [1.54, 1.807) is 13.1 Å². The number of hydrogen-bond donors (Lipinski definition) is 1. The van der Waals surface area contributed by atoms with Crippen molar-refractivity contribution in [3.05, 3.63) is 41.9 Å². The second kappa shape index (κ2) is 5.00. The van der Waals surface area contributed by atoms with Gasteiger partial charge in [0.1, 0.15) is 11.6 Å². The van der Waals surface area contributed by atoms with Gasteiger partial charge in [-0.05, 0) is 23.5 Å². The van der Waals surface area contributed by atoms with Crippen molar-refractivity contribution in [1.29, 1.82) is 0 Å². The highest BCUT2D eigenvalue weighted by Gasteiger charge is 2.13. The molecule has 0 aliphatic heterocycles. The average molecular weight is 256 g/mol. The normalized spacial score (nSPS) is 11.6. The summed E-state index contributed by atoms with van der Waals surface area (Å²) in [6.07, 6.45) is 2.14. The highest BCUT2D eigenvalue weighted by Crippen LogP contribution is 2.25. The number of carbonyl (C=O) groups excluding carboxylic acids is 1. The topological polar surface area (TPSA) is 45.8 Å². The second-order valence-corrected chi connectivity index (χ2v) is 5.95. The molecule has 2 aromatic rings. The maximum Gasteiger partial charge on any atom is 0.137 e. The van der Waals surface area contributed by atoms with Crippen LogP contribution in [0.3, 0.4) is 0 Å². The third-order valence-electron chi connectivity index (χ3n) is 3.11. The minimum Gasteiger partial charge on any atom is -0.342 e. The molecule has 0 spiro atoms. The molecule has 1 aromatic carbocycles. The molecule has 1 heterocycles. The number of aromatic amines is 1. The van der Waals surface area contributed by atoms with Crippen LogP contribution in [0.25, 0.3) is 11.3 Å². The Morgan fingerprint density at radius 3 is 2.37 bits per heavy atom. The summed E-state index contributed by atoms with van der Waals surface area (Å²) in [4.78, 5) is 18.5. The monoisotopic (exact) mass is 256 g/mol. The molecule has 1 aromatic heterocycles. The first-order valence-electron chi connectivity index (χ1n) is 6.50. The SMILES string of the molecule is CC(=O)Cc1ncc(-c2ccc(C(C)(C)C)cc2)[nH]1. The van der Waals surface area contributed by atoms with Crippen molar-refractivity contribution in [2.45, 2.75) is 39.5 Å². The van der Waals surface area contributed by atoms with E-state index < -0.39 is 0 Å². The number of H-pyrrole nitrogens is 1. The van der Waals surface area contributed by atoms with Crippen molar-refractivity contribution in [1.82, 2.24) is 9.97 Å². The lowest BCUT2D eigenvalue weighted by molar-refractivity contribution is -0.116. The molecule has 0 saturated heterocycles. The predicted molar refractivity (Wildman–Crippen MR) is 77.1 cm³/mol. The summed E-state index contributed by atoms with van der Waals surface area (Å²) < 4.78 is 0. The zero-order chi connectivity index (χ0) is 14.0. The van der Waals surface area contributed by atoms with Crippen molar-refractivity contribution < 1.29 is 4.79 Å². The summed E-state index contributed by atoms with van der Waals surface area (Å²) in [5, 5.41) is 0. The molecule has 19 heavy (non-hydrogen) atoms. The van der Waals surface area contributed by atoms with E-state index in [0.717, 1.165) is 17.1 Å². The minimum absolute atomic E-state index is 0.115. The third-order valence-corrected chi connectivity index (χ3v) is 3.11. The number of rotatable bonds is 3. The largest absolute Gasteiger partial charge is 0.342 e. The second-order valence-electron chi connectivity index (χ2n) is 5.95. The molecule has 0 fully saturated rings. The van der Waals surface area contributed by atoms with Crippen LogP contribution in [0.1, 0.15) is 39.1 Å². The van der Waals surface area contributed by atoms with Crippen LogP contribution in [0, 0.1) is 0 Å². The number of Topliss-reactive ketones (excluding diaryl/α,β-unsaturated/α-hetero) is 1. The molecule has 0 saturated carbocycles. The molecule has 0 radical (unpaired) electrons. The van der Waals surface area contributed by atoms with Crippen molar-refractivity contribution in [3.8, 4) is 11.3 Å². The van der Waals surface area contributed by atoms with Crippen molar-refractivity contribution in [3.63, 3.8) is 0 Å². The van der Waals surface area contributed by atoms with Crippen LogP contribution in [0.2, 0.25) is 0 Å². The zero-order valence-corrected chi connectivity index (χ0v) is 11.9. The Bertz CT molecular complexity index is 574. The first-order chi connectivity index (χ1) is 8.86. The first-order valence-corrected chi connectivity index (χ1v) is 6.50. The van der Waals surface area contributed by atoms with Crippen molar-refractivity contribution in [2.24, 2.45) is 0 Å². The minimum atomic E-state index is 0.115. The molecule has 0 aliphatic carbocycles. The van der Waals surface area contributed by atoms with E-state index in [4.69, 9.17) is 0 Å². The molecule has 0 unspecified atom stereocenters. The Morgan fingerprint density at radius 2 is 1.84 bits per heavy atom.